The summed E-state index contributed by atoms with van der Waals surface area (Å²) in [6.07, 6.45) is 1.56. The lowest BCUT2D eigenvalue weighted by Crippen LogP contribution is -2.38. The Morgan fingerprint density at radius 1 is 1.53 bits per heavy atom. The minimum absolute atomic E-state index is 0.110. The van der Waals surface area contributed by atoms with Crippen molar-refractivity contribution < 1.29 is 4.79 Å². The van der Waals surface area contributed by atoms with Gasteiger partial charge >= 0.3 is 0 Å². The Morgan fingerprint density at radius 2 is 2.29 bits per heavy atom. The van der Waals surface area contributed by atoms with Gasteiger partial charge in [-0.1, -0.05) is 25.1 Å². The fourth-order valence-electron chi connectivity index (χ4n) is 2.43. The number of hydrogen-bond donors (Lipinski definition) is 2. The topological polar surface area (TPSA) is 58.4 Å². The molecule has 2 rings (SSSR count). The van der Waals surface area contributed by atoms with E-state index in [2.05, 4.69) is 35.4 Å². The second-order valence-corrected chi connectivity index (χ2v) is 4.70. The molecule has 1 aromatic carbocycles. The number of benzene rings is 1. The maximum Gasteiger partial charge on any atom is 0.235 e. The number of hydrogen-bond acceptors (Lipinski definition) is 3. The molecule has 0 fully saturated rings. The van der Waals surface area contributed by atoms with Crippen LogP contribution in [0.3, 0.4) is 0 Å². The first-order valence-electron chi connectivity index (χ1n) is 6.03. The van der Waals surface area contributed by atoms with Gasteiger partial charge in [-0.05, 0) is 24.0 Å². The normalized spacial score (nSPS) is 18.7. The Bertz CT molecular complexity index is 405. The molecule has 17 heavy (non-hydrogen) atoms. The molecule has 1 heterocycles. The number of hydrazine groups is 1. The molecule has 0 bridgehead atoms. The summed E-state index contributed by atoms with van der Waals surface area (Å²) >= 11 is 0. The van der Waals surface area contributed by atoms with Gasteiger partial charge in [-0.2, -0.15) is 0 Å². The summed E-state index contributed by atoms with van der Waals surface area (Å²) in [5.41, 5.74) is 4.81. The van der Waals surface area contributed by atoms with Crippen LogP contribution in [-0.4, -0.2) is 19.0 Å². The van der Waals surface area contributed by atoms with Crippen LogP contribution in [0.1, 0.15) is 18.9 Å². The molecule has 4 nitrogen and oxygen atoms in total. The molecule has 4 heteroatoms. The number of fused-ring (bicyclic) bond motifs is 1. The minimum atomic E-state index is -0.110. The third-order valence-electron chi connectivity index (χ3n) is 3.20. The zero-order valence-electron chi connectivity index (χ0n) is 10.1. The van der Waals surface area contributed by atoms with Crippen molar-refractivity contribution in [2.45, 2.75) is 19.8 Å². The number of carbonyl (C=O) groups excluding carboxylic acids is 1. The lowest BCUT2D eigenvalue weighted by atomic mass is 9.94. The average molecular weight is 233 g/mol. The summed E-state index contributed by atoms with van der Waals surface area (Å²) in [7, 11) is 0. The zero-order valence-corrected chi connectivity index (χ0v) is 10.1. The molecule has 3 N–H and O–H groups in total. The van der Waals surface area contributed by atoms with E-state index in [4.69, 9.17) is 5.84 Å². The molecule has 1 atom stereocenters. The molecule has 92 valence electrons. The fourth-order valence-corrected chi connectivity index (χ4v) is 2.43. The second-order valence-electron chi connectivity index (χ2n) is 4.70. The SMILES string of the molecule is CC1Cc2ccccc2N(CCC(=O)NN)C1. The maximum atomic E-state index is 11.2. The van der Waals surface area contributed by atoms with Crippen molar-refractivity contribution in [1.82, 2.24) is 5.43 Å². The number of para-hydroxylation sites is 1. The van der Waals surface area contributed by atoms with Gasteiger partial charge in [0.25, 0.3) is 0 Å². The summed E-state index contributed by atoms with van der Waals surface area (Å²) in [5, 5.41) is 0. The van der Waals surface area contributed by atoms with Gasteiger partial charge < -0.3 is 4.90 Å². The summed E-state index contributed by atoms with van der Waals surface area (Å²) in [5.74, 6) is 5.61. The van der Waals surface area contributed by atoms with Crippen LogP contribution in [0.2, 0.25) is 0 Å². The van der Waals surface area contributed by atoms with E-state index in [0.717, 1.165) is 19.5 Å². The van der Waals surface area contributed by atoms with Crippen molar-refractivity contribution in [3.05, 3.63) is 29.8 Å². The highest BCUT2D eigenvalue weighted by atomic mass is 16.2. The van der Waals surface area contributed by atoms with Gasteiger partial charge in [-0.3, -0.25) is 10.2 Å². The monoisotopic (exact) mass is 233 g/mol. The lowest BCUT2D eigenvalue weighted by Gasteiger charge is -2.34. The van der Waals surface area contributed by atoms with Crippen LogP contribution in [0.25, 0.3) is 0 Å². The average Bonchev–Trinajstić information content (AvgIpc) is 2.35. The fraction of sp³-hybridized carbons (Fsp3) is 0.462. The quantitative estimate of drug-likeness (QED) is 0.466. The van der Waals surface area contributed by atoms with Gasteiger partial charge in [0.2, 0.25) is 5.91 Å². The smallest absolute Gasteiger partial charge is 0.235 e. The molecule has 0 spiro atoms. The minimum Gasteiger partial charge on any atom is -0.371 e. The highest BCUT2D eigenvalue weighted by molar-refractivity contribution is 5.76. The number of nitrogens with one attached hydrogen (secondary N) is 1. The largest absolute Gasteiger partial charge is 0.371 e. The first kappa shape index (κ1) is 11.9. The summed E-state index contributed by atoms with van der Waals surface area (Å²) < 4.78 is 0. The van der Waals surface area contributed by atoms with Crippen LogP contribution in [0.5, 0.6) is 0 Å². The summed E-state index contributed by atoms with van der Waals surface area (Å²) in [6, 6.07) is 8.41. The summed E-state index contributed by atoms with van der Waals surface area (Å²) in [4.78, 5) is 13.5. The number of amides is 1. The molecule has 0 aliphatic carbocycles. The molecule has 1 aliphatic rings. The van der Waals surface area contributed by atoms with Gasteiger partial charge in [-0.25, -0.2) is 5.84 Å². The van der Waals surface area contributed by atoms with E-state index in [1.165, 1.54) is 11.3 Å². The zero-order chi connectivity index (χ0) is 12.3. The Kier molecular flexibility index (Phi) is 3.64. The highest BCUT2D eigenvalue weighted by Crippen LogP contribution is 2.29. The van der Waals surface area contributed by atoms with E-state index in [0.29, 0.717) is 12.3 Å². The van der Waals surface area contributed by atoms with Crippen LogP contribution in [0, 0.1) is 5.92 Å². The van der Waals surface area contributed by atoms with E-state index in [-0.39, 0.29) is 5.91 Å². The molecular weight excluding hydrogens is 214 g/mol. The molecule has 1 amide bonds. The van der Waals surface area contributed by atoms with Gasteiger partial charge in [-0.15, -0.1) is 0 Å². The lowest BCUT2D eigenvalue weighted by molar-refractivity contribution is -0.120. The van der Waals surface area contributed by atoms with Crippen LogP contribution in [0.4, 0.5) is 5.69 Å². The molecule has 0 saturated heterocycles. The number of anilines is 1. The third kappa shape index (κ3) is 2.77. The van der Waals surface area contributed by atoms with Crippen LogP contribution >= 0.6 is 0 Å². The Labute approximate surface area is 102 Å². The standard InChI is InChI=1S/C13H19N3O/c1-10-8-11-4-2-3-5-12(11)16(9-10)7-6-13(17)15-14/h2-5,10H,6-9,14H2,1H3,(H,15,17). The van der Waals surface area contributed by atoms with E-state index in [1.807, 2.05) is 6.07 Å². The molecular formula is C13H19N3O. The van der Waals surface area contributed by atoms with Gasteiger partial charge in [0.15, 0.2) is 0 Å². The van der Waals surface area contributed by atoms with Crippen molar-refractivity contribution in [2.75, 3.05) is 18.0 Å². The van der Waals surface area contributed by atoms with Crippen LogP contribution in [-0.2, 0) is 11.2 Å². The number of rotatable bonds is 3. The molecule has 0 radical (unpaired) electrons. The van der Waals surface area contributed by atoms with Crippen molar-refractivity contribution >= 4 is 11.6 Å². The van der Waals surface area contributed by atoms with Gasteiger partial charge in [0, 0.05) is 25.2 Å². The molecule has 0 saturated carbocycles. The molecule has 1 aromatic rings. The van der Waals surface area contributed by atoms with Crippen LogP contribution < -0.4 is 16.2 Å². The van der Waals surface area contributed by atoms with E-state index < -0.39 is 0 Å². The van der Waals surface area contributed by atoms with Crippen molar-refractivity contribution in [3.8, 4) is 0 Å². The Balaban J connectivity index is 2.10. The number of nitrogens with two attached hydrogens (primary N) is 1. The molecule has 0 aromatic heterocycles. The molecule has 1 aliphatic heterocycles. The predicted molar refractivity (Wildman–Crippen MR) is 68.5 cm³/mol. The highest BCUT2D eigenvalue weighted by Gasteiger charge is 2.21. The van der Waals surface area contributed by atoms with E-state index in [1.54, 1.807) is 0 Å². The third-order valence-corrected chi connectivity index (χ3v) is 3.20. The number of carbonyl (C=O) groups is 1. The first-order valence-corrected chi connectivity index (χ1v) is 6.03. The van der Waals surface area contributed by atoms with E-state index in [9.17, 15) is 4.79 Å². The maximum absolute atomic E-state index is 11.2. The van der Waals surface area contributed by atoms with Crippen LogP contribution in [0.15, 0.2) is 24.3 Å². The van der Waals surface area contributed by atoms with Gasteiger partial charge in [0.05, 0.1) is 0 Å². The van der Waals surface area contributed by atoms with Gasteiger partial charge in [0.1, 0.15) is 0 Å². The van der Waals surface area contributed by atoms with Crippen molar-refractivity contribution in [2.24, 2.45) is 11.8 Å². The van der Waals surface area contributed by atoms with Crippen molar-refractivity contribution in [1.29, 1.82) is 0 Å². The summed E-state index contributed by atoms with van der Waals surface area (Å²) in [6.45, 7) is 3.98. The van der Waals surface area contributed by atoms with E-state index >= 15 is 0 Å². The second kappa shape index (κ2) is 5.19. The first-order chi connectivity index (χ1) is 8.20. The predicted octanol–water partition coefficient (Wildman–Crippen LogP) is 1.07. The van der Waals surface area contributed by atoms with Crippen molar-refractivity contribution in [3.63, 3.8) is 0 Å². The number of nitrogens with zero attached hydrogens (tertiary/aromatic N) is 1. The Hall–Kier alpha value is -1.55. The molecule has 1 unspecified atom stereocenters. The Morgan fingerprint density at radius 3 is 3.06 bits per heavy atom.